The Morgan fingerprint density at radius 2 is 2.00 bits per heavy atom. The Bertz CT molecular complexity index is 499. The third kappa shape index (κ3) is 3.23. The maximum Gasteiger partial charge on any atom is 0.329 e. The number of nitrogens with one attached hydrogen (secondary N) is 1. The summed E-state index contributed by atoms with van der Waals surface area (Å²) in [7, 11) is 0. The zero-order chi connectivity index (χ0) is 14.6. The number of aliphatic carboxylic acids is 1. The van der Waals surface area contributed by atoms with Crippen LogP contribution in [0.4, 0.5) is 0 Å². The highest BCUT2D eigenvalue weighted by Gasteiger charge is 2.36. The Hall–Kier alpha value is -1.62. The van der Waals surface area contributed by atoms with Crippen LogP contribution in [0.2, 0.25) is 5.02 Å². The highest BCUT2D eigenvalue weighted by molar-refractivity contribution is 6.33. The molecule has 19 heavy (non-hydrogen) atoms. The summed E-state index contributed by atoms with van der Waals surface area (Å²) in [5, 5.41) is 12.1. The first-order valence-corrected chi connectivity index (χ1v) is 6.42. The smallest absolute Gasteiger partial charge is 0.329 e. The molecule has 0 fully saturated rings. The summed E-state index contributed by atoms with van der Waals surface area (Å²) >= 11 is 5.97. The zero-order valence-electron chi connectivity index (χ0n) is 11.2. The van der Waals surface area contributed by atoms with Gasteiger partial charge in [0.25, 0.3) is 5.91 Å². The number of carboxylic acid groups (broad SMARTS) is 1. The number of carbonyl (C=O) groups is 2. The number of carboxylic acids is 1. The third-order valence-corrected chi connectivity index (χ3v) is 3.52. The van der Waals surface area contributed by atoms with Crippen LogP contribution in [0, 0.1) is 6.92 Å². The number of halogens is 1. The molecule has 1 aromatic rings. The van der Waals surface area contributed by atoms with Crippen LogP contribution in [0.3, 0.4) is 0 Å². The third-order valence-electron chi connectivity index (χ3n) is 3.20. The molecule has 2 N–H and O–H groups in total. The topological polar surface area (TPSA) is 79.3 Å². The summed E-state index contributed by atoms with van der Waals surface area (Å²) in [6.07, 6.45) is 1.94. The van der Waals surface area contributed by atoms with Gasteiger partial charge in [-0.25, -0.2) is 4.79 Å². The van der Waals surface area contributed by atoms with Gasteiger partial charge in [-0.15, -0.1) is 0 Å². The number of hydrogen-bond donors (Lipinski definition) is 2. The maximum absolute atomic E-state index is 12.1. The second-order valence-electron chi connectivity index (χ2n) is 4.35. The predicted molar refractivity (Wildman–Crippen MR) is 72.4 cm³/mol. The molecule has 0 spiro atoms. The Morgan fingerprint density at radius 3 is 2.42 bits per heavy atom. The van der Waals surface area contributed by atoms with Crippen molar-refractivity contribution in [3.05, 3.63) is 28.5 Å². The van der Waals surface area contributed by atoms with Gasteiger partial charge in [-0.3, -0.25) is 9.78 Å². The van der Waals surface area contributed by atoms with Crippen LogP contribution in [0.5, 0.6) is 0 Å². The minimum absolute atomic E-state index is 0.180. The molecule has 1 aromatic heterocycles. The number of nitrogens with zero attached hydrogens (tertiary/aromatic N) is 1. The molecule has 0 aliphatic carbocycles. The van der Waals surface area contributed by atoms with Gasteiger partial charge in [-0.2, -0.15) is 0 Å². The Morgan fingerprint density at radius 1 is 1.42 bits per heavy atom. The molecule has 5 nitrogen and oxygen atoms in total. The molecular weight excluding hydrogens is 268 g/mol. The first-order chi connectivity index (χ1) is 8.86. The average molecular weight is 285 g/mol. The number of aromatic nitrogens is 1. The number of aryl methyl sites for hydroxylation is 1. The van der Waals surface area contributed by atoms with Crippen molar-refractivity contribution >= 4 is 23.5 Å². The van der Waals surface area contributed by atoms with Crippen LogP contribution in [0.15, 0.2) is 12.3 Å². The Balaban J connectivity index is 3.04. The van der Waals surface area contributed by atoms with Crippen LogP contribution < -0.4 is 5.32 Å². The van der Waals surface area contributed by atoms with Gasteiger partial charge in [0.1, 0.15) is 5.54 Å². The van der Waals surface area contributed by atoms with Crippen LogP contribution in [-0.2, 0) is 4.79 Å². The lowest BCUT2D eigenvalue weighted by Crippen LogP contribution is -2.53. The fourth-order valence-corrected chi connectivity index (χ4v) is 2.05. The molecule has 0 saturated heterocycles. The first kappa shape index (κ1) is 15.4. The van der Waals surface area contributed by atoms with Gasteiger partial charge in [0.05, 0.1) is 10.6 Å². The molecule has 0 saturated carbocycles. The molecule has 6 heteroatoms. The van der Waals surface area contributed by atoms with E-state index in [0.717, 1.165) is 0 Å². The van der Waals surface area contributed by atoms with Crippen LogP contribution in [0.1, 0.15) is 42.7 Å². The van der Waals surface area contributed by atoms with Gasteiger partial charge in [-0.05, 0) is 25.8 Å². The van der Waals surface area contributed by atoms with E-state index in [4.69, 9.17) is 11.6 Å². The predicted octanol–water partition coefficient (Wildman–Crippen LogP) is 2.42. The van der Waals surface area contributed by atoms with Crippen molar-refractivity contribution < 1.29 is 14.7 Å². The van der Waals surface area contributed by atoms with Gasteiger partial charge in [-0.1, -0.05) is 25.4 Å². The molecule has 1 heterocycles. The summed E-state index contributed by atoms with van der Waals surface area (Å²) in [6, 6.07) is 1.57. The highest BCUT2D eigenvalue weighted by Crippen LogP contribution is 2.20. The van der Waals surface area contributed by atoms with E-state index in [9.17, 15) is 14.7 Å². The SMILES string of the molecule is CCC(CC)(NC(=O)c1cnc(C)cc1Cl)C(=O)O. The Labute approximate surface area is 117 Å². The fraction of sp³-hybridized carbons (Fsp3) is 0.462. The van der Waals surface area contributed by atoms with Crippen molar-refractivity contribution in [1.29, 1.82) is 0 Å². The monoisotopic (exact) mass is 284 g/mol. The van der Waals surface area contributed by atoms with Gasteiger partial charge in [0, 0.05) is 11.9 Å². The summed E-state index contributed by atoms with van der Waals surface area (Å²) in [6.45, 7) is 5.19. The second-order valence-corrected chi connectivity index (χ2v) is 4.76. The van der Waals surface area contributed by atoms with Crippen molar-refractivity contribution in [2.75, 3.05) is 0 Å². The van der Waals surface area contributed by atoms with Gasteiger partial charge in [0.2, 0.25) is 0 Å². The summed E-state index contributed by atoms with van der Waals surface area (Å²) in [4.78, 5) is 27.4. The molecular formula is C13H17ClN2O3. The lowest BCUT2D eigenvalue weighted by molar-refractivity contribution is -0.144. The average Bonchev–Trinajstić information content (AvgIpc) is 2.35. The largest absolute Gasteiger partial charge is 0.480 e. The molecule has 0 aliphatic heterocycles. The van der Waals surface area contributed by atoms with Gasteiger partial charge >= 0.3 is 5.97 Å². The molecule has 0 bridgehead atoms. The van der Waals surface area contributed by atoms with Crippen LogP contribution in [-0.4, -0.2) is 27.5 Å². The van der Waals surface area contributed by atoms with Crippen molar-refractivity contribution in [3.63, 3.8) is 0 Å². The molecule has 0 aliphatic rings. The van der Waals surface area contributed by atoms with E-state index in [1.807, 2.05) is 0 Å². The number of carbonyl (C=O) groups excluding carboxylic acids is 1. The molecule has 104 valence electrons. The van der Waals surface area contributed by atoms with Crippen molar-refractivity contribution in [1.82, 2.24) is 10.3 Å². The number of hydrogen-bond acceptors (Lipinski definition) is 3. The quantitative estimate of drug-likeness (QED) is 0.870. The normalized spacial score (nSPS) is 11.2. The maximum atomic E-state index is 12.1. The van der Waals surface area contributed by atoms with Crippen molar-refractivity contribution in [3.8, 4) is 0 Å². The lowest BCUT2D eigenvalue weighted by atomic mass is 9.92. The highest BCUT2D eigenvalue weighted by atomic mass is 35.5. The summed E-state index contributed by atoms with van der Waals surface area (Å²) in [5.41, 5.74) is -0.400. The number of rotatable bonds is 5. The zero-order valence-corrected chi connectivity index (χ0v) is 11.9. The standard InChI is InChI=1S/C13H17ClN2O3/c1-4-13(5-2,12(18)19)16-11(17)9-7-15-8(3)6-10(9)14/h6-7H,4-5H2,1-3H3,(H,16,17)(H,18,19). The number of amides is 1. The van der Waals surface area contributed by atoms with Gasteiger partial charge in [0.15, 0.2) is 0 Å². The van der Waals surface area contributed by atoms with E-state index in [1.165, 1.54) is 6.20 Å². The number of pyridine rings is 1. The van der Waals surface area contributed by atoms with E-state index in [0.29, 0.717) is 18.5 Å². The van der Waals surface area contributed by atoms with E-state index >= 15 is 0 Å². The second kappa shape index (κ2) is 6.02. The molecule has 1 amide bonds. The van der Waals surface area contributed by atoms with Crippen molar-refractivity contribution in [2.45, 2.75) is 39.2 Å². The minimum Gasteiger partial charge on any atom is -0.480 e. The van der Waals surface area contributed by atoms with Crippen LogP contribution in [0.25, 0.3) is 0 Å². The molecule has 0 atom stereocenters. The molecule has 0 aromatic carbocycles. The van der Waals surface area contributed by atoms with E-state index in [-0.39, 0.29) is 10.6 Å². The first-order valence-electron chi connectivity index (χ1n) is 6.04. The van der Waals surface area contributed by atoms with Crippen molar-refractivity contribution in [2.24, 2.45) is 0 Å². The molecule has 0 radical (unpaired) electrons. The summed E-state index contributed by atoms with van der Waals surface area (Å²) < 4.78 is 0. The van der Waals surface area contributed by atoms with E-state index < -0.39 is 17.4 Å². The van der Waals surface area contributed by atoms with E-state index in [2.05, 4.69) is 10.3 Å². The summed E-state index contributed by atoms with van der Waals surface area (Å²) in [5.74, 6) is -1.58. The Kier molecular flexibility index (Phi) is 4.89. The fourth-order valence-electron chi connectivity index (χ4n) is 1.76. The lowest BCUT2D eigenvalue weighted by Gasteiger charge is -2.28. The van der Waals surface area contributed by atoms with E-state index in [1.54, 1.807) is 26.8 Å². The van der Waals surface area contributed by atoms with Gasteiger partial charge < -0.3 is 10.4 Å². The van der Waals surface area contributed by atoms with Crippen LogP contribution >= 0.6 is 11.6 Å². The molecule has 0 unspecified atom stereocenters. The molecule has 1 rings (SSSR count). The minimum atomic E-state index is -1.27.